The molecule has 0 unspecified atom stereocenters. The Hall–Kier alpha value is -1.22. The Morgan fingerprint density at radius 3 is 2.74 bits per heavy atom. The highest BCUT2D eigenvalue weighted by Crippen LogP contribution is 2.16. The van der Waals surface area contributed by atoms with Crippen LogP contribution in [0, 0.1) is 0 Å². The largest absolute Gasteiger partial charge is 0.303 e. The summed E-state index contributed by atoms with van der Waals surface area (Å²) in [7, 11) is 0. The van der Waals surface area contributed by atoms with E-state index in [4.69, 9.17) is 0 Å². The monoisotopic (exact) mass is 260 g/mol. The van der Waals surface area contributed by atoms with Crippen LogP contribution in [0.3, 0.4) is 0 Å². The number of hydrogen-bond acceptors (Lipinski definition) is 3. The molecule has 0 amide bonds. The summed E-state index contributed by atoms with van der Waals surface area (Å²) in [5, 5.41) is 0. The van der Waals surface area contributed by atoms with Crippen LogP contribution in [-0.2, 0) is 0 Å². The van der Waals surface area contributed by atoms with Gasteiger partial charge in [-0.25, -0.2) is 0 Å². The second-order valence-corrected chi connectivity index (χ2v) is 5.74. The molecule has 3 heteroatoms. The van der Waals surface area contributed by atoms with Crippen molar-refractivity contribution in [3.63, 3.8) is 0 Å². The number of aromatic nitrogens is 1. The lowest BCUT2D eigenvalue weighted by Gasteiger charge is -2.13. The fraction of sp³-hybridized carbons (Fsp3) is 0.625. The number of nitrogens with zero attached hydrogens (tertiary/aromatic N) is 2. The van der Waals surface area contributed by atoms with Crippen molar-refractivity contribution in [3.05, 3.63) is 29.6 Å². The summed E-state index contributed by atoms with van der Waals surface area (Å²) in [5.41, 5.74) is 1.91. The van der Waals surface area contributed by atoms with E-state index in [1.54, 1.807) is 6.20 Å². The number of ketones is 1. The van der Waals surface area contributed by atoms with E-state index in [0.29, 0.717) is 12.3 Å². The summed E-state index contributed by atoms with van der Waals surface area (Å²) < 4.78 is 0. The van der Waals surface area contributed by atoms with E-state index in [1.165, 1.54) is 25.9 Å². The maximum Gasteiger partial charge on any atom is 0.164 e. The number of rotatable bonds is 6. The summed E-state index contributed by atoms with van der Waals surface area (Å²) in [4.78, 5) is 18.8. The van der Waals surface area contributed by atoms with E-state index in [1.807, 2.05) is 12.3 Å². The molecule has 1 saturated heterocycles. The topological polar surface area (TPSA) is 33.2 Å². The van der Waals surface area contributed by atoms with Crippen LogP contribution in [0.4, 0.5) is 0 Å². The zero-order chi connectivity index (χ0) is 13.7. The fourth-order valence-corrected chi connectivity index (χ4v) is 2.54. The third-order valence-corrected chi connectivity index (χ3v) is 3.82. The molecule has 1 aromatic rings. The van der Waals surface area contributed by atoms with Crippen molar-refractivity contribution in [1.29, 1.82) is 0 Å². The van der Waals surface area contributed by atoms with E-state index >= 15 is 0 Å². The summed E-state index contributed by atoms with van der Waals surface area (Å²) in [6.07, 6.45) is 7.78. The highest BCUT2D eigenvalue weighted by molar-refractivity contribution is 5.95. The Balaban J connectivity index is 1.83. The van der Waals surface area contributed by atoms with Gasteiger partial charge < -0.3 is 4.90 Å². The van der Waals surface area contributed by atoms with Gasteiger partial charge in [0, 0.05) is 24.4 Å². The standard InChI is InChI=1S/C16H24N2O/c1-13(2)14-10-15(12-17-11-14)16(19)6-5-9-18-7-3-4-8-18/h10-13H,3-9H2,1-2H3. The van der Waals surface area contributed by atoms with Crippen molar-refractivity contribution >= 4 is 5.78 Å². The van der Waals surface area contributed by atoms with Gasteiger partial charge in [0.1, 0.15) is 0 Å². The molecule has 0 aromatic carbocycles. The van der Waals surface area contributed by atoms with E-state index in [2.05, 4.69) is 23.7 Å². The van der Waals surface area contributed by atoms with E-state index in [9.17, 15) is 4.79 Å². The highest BCUT2D eigenvalue weighted by atomic mass is 16.1. The molecule has 19 heavy (non-hydrogen) atoms. The lowest BCUT2D eigenvalue weighted by Crippen LogP contribution is -2.21. The van der Waals surface area contributed by atoms with Gasteiger partial charge >= 0.3 is 0 Å². The molecule has 104 valence electrons. The summed E-state index contributed by atoms with van der Waals surface area (Å²) in [6, 6.07) is 2.00. The first-order valence-electron chi connectivity index (χ1n) is 7.37. The Labute approximate surface area is 116 Å². The Kier molecular flexibility index (Phi) is 5.08. The second-order valence-electron chi connectivity index (χ2n) is 5.74. The summed E-state index contributed by atoms with van der Waals surface area (Å²) in [5.74, 6) is 0.652. The van der Waals surface area contributed by atoms with Crippen LogP contribution in [0.2, 0.25) is 0 Å². The van der Waals surface area contributed by atoms with Crippen LogP contribution in [0.1, 0.15) is 61.4 Å². The SMILES string of the molecule is CC(C)c1cncc(C(=O)CCCN2CCCC2)c1. The van der Waals surface area contributed by atoms with Crippen LogP contribution in [-0.4, -0.2) is 35.3 Å². The average molecular weight is 260 g/mol. The van der Waals surface area contributed by atoms with Crippen molar-refractivity contribution in [2.24, 2.45) is 0 Å². The van der Waals surface area contributed by atoms with Crippen LogP contribution < -0.4 is 0 Å². The quantitative estimate of drug-likeness (QED) is 0.736. The van der Waals surface area contributed by atoms with E-state index < -0.39 is 0 Å². The lowest BCUT2D eigenvalue weighted by molar-refractivity contribution is 0.0975. The fourth-order valence-electron chi connectivity index (χ4n) is 2.54. The molecule has 0 aliphatic carbocycles. The number of hydrogen-bond donors (Lipinski definition) is 0. The molecular weight excluding hydrogens is 236 g/mol. The van der Waals surface area contributed by atoms with Crippen molar-refractivity contribution in [2.45, 2.75) is 45.4 Å². The molecule has 0 radical (unpaired) electrons. The first-order valence-corrected chi connectivity index (χ1v) is 7.37. The Bertz CT molecular complexity index is 423. The molecule has 1 aromatic heterocycles. The van der Waals surface area contributed by atoms with Crippen molar-refractivity contribution < 1.29 is 4.79 Å². The first kappa shape index (κ1) is 14.2. The molecule has 2 rings (SSSR count). The minimum absolute atomic E-state index is 0.231. The summed E-state index contributed by atoms with van der Waals surface area (Å²) in [6.45, 7) is 7.72. The number of carbonyl (C=O) groups excluding carboxylic acids is 1. The van der Waals surface area contributed by atoms with Crippen molar-refractivity contribution in [1.82, 2.24) is 9.88 Å². The van der Waals surface area contributed by atoms with Crippen LogP contribution >= 0.6 is 0 Å². The van der Waals surface area contributed by atoms with Gasteiger partial charge in [-0.3, -0.25) is 9.78 Å². The smallest absolute Gasteiger partial charge is 0.164 e. The van der Waals surface area contributed by atoms with Gasteiger partial charge in [-0.1, -0.05) is 13.8 Å². The van der Waals surface area contributed by atoms with Gasteiger partial charge in [-0.2, -0.15) is 0 Å². The number of carbonyl (C=O) groups is 1. The molecule has 0 saturated carbocycles. The van der Waals surface area contributed by atoms with Crippen LogP contribution in [0.25, 0.3) is 0 Å². The molecular formula is C16H24N2O. The normalized spacial score (nSPS) is 16.2. The maximum absolute atomic E-state index is 12.1. The molecule has 0 N–H and O–H groups in total. The summed E-state index contributed by atoms with van der Waals surface area (Å²) >= 11 is 0. The van der Waals surface area contributed by atoms with E-state index in [0.717, 1.165) is 24.1 Å². The third-order valence-electron chi connectivity index (χ3n) is 3.82. The second kappa shape index (κ2) is 6.80. The maximum atomic E-state index is 12.1. The zero-order valence-corrected chi connectivity index (χ0v) is 12.1. The van der Waals surface area contributed by atoms with Crippen molar-refractivity contribution in [3.8, 4) is 0 Å². The first-order chi connectivity index (χ1) is 9.16. The lowest BCUT2D eigenvalue weighted by atomic mass is 10.0. The number of pyridine rings is 1. The zero-order valence-electron chi connectivity index (χ0n) is 12.1. The average Bonchev–Trinajstić information content (AvgIpc) is 2.92. The molecule has 0 atom stereocenters. The minimum Gasteiger partial charge on any atom is -0.303 e. The Morgan fingerprint density at radius 2 is 2.05 bits per heavy atom. The van der Waals surface area contributed by atoms with Gasteiger partial charge in [-0.15, -0.1) is 0 Å². The molecule has 1 aliphatic heterocycles. The highest BCUT2D eigenvalue weighted by Gasteiger charge is 2.13. The van der Waals surface area contributed by atoms with Crippen LogP contribution in [0.5, 0.6) is 0 Å². The Morgan fingerprint density at radius 1 is 1.32 bits per heavy atom. The third kappa shape index (κ3) is 4.13. The molecule has 0 spiro atoms. The molecule has 2 heterocycles. The molecule has 1 aliphatic rings. The number of Topliss-reactive ketones (excluding diaryl/α,β-unsaturated/α-hetero) is 1. The van der Waals surface area contributed by atoms with E-state index in [-0.39, 0.29) is 5.78 Å². The molecule has 1 fully saturated rings. The van der Waals surface area contributed by atoms with Gasteiger partial charge in [0.2, 0.25) is 0 Å². The van der Waals surface area contributed by atoms with Gasteiger partial charge in [0.05, 0.1) is 0 Å². The number of likely N-dealkylation sites (tertiary alicyclic amines) is 1. The van der Waals surface area contributed by atoms with Crippen molar-refractivity contribution in [2.75, 3.05) is 19.6 Å². The molecule has 0 bridgehead atoms. The van der Waals surface area contributed by atoms with Gasteiger partial charge in [-0.05, 0) is 56.4 Å². The molecule has 3 nitrogen and oxygen atoms in total. The van der Waals surface area contributed by atoms with Gasteiger partial charge in [0.15, 0.2) is 5.78 Å². The van der Waals surface area contributed by atoms with Gasteiger partial charge in [0.25, 0.3) is 0 Å². The predicted octanol–water partition coefficient (Wildman–Crippen LogP) is 3.26. The minimum atomic E-state index is 0.231. The predicted molar refractivity (Wildman–Crippen MR) is 77.6 cm³/mol. The van der Waals surface area contributed by atoms with Crippen LogP contribution in [0.15, 0.2) is 18.5 Å².